The van der Waals surface area contributed by atoms with Crippen molar-refractivity contribution in [2.45, 2.75) is 19.8 Å². The van der Waals surface area contributed by atoms with E-state index in [2.05, 4.69) is 0 Å². The van der Waals surface area contributed by atoms with Gasteiger partial charge in [-0.25, -0.2) is 8.78 Å². The zero-order valence-electron chi connectivity index (χ0n) is 8.13. The van der Waals surface area contributed by atoms with E-state index in [1.54, 1.807) is 0 Å². The van der Waals surface area contributed by atoms with Crippen molar-refractivity contribution in [3.05, 3.63) is 35.4 Å². The zero-order valence-corrected chi connectivity index (χ0v) is 8.13. The van der Waals surface area contributed by atoms with Crippen LogP contribution < -0.4 is 0 Å². The molecule has 1 aromatic rings. The van der Waals surface area contributed by atoms with E-state index in [1.165, 1.54) is 18.2 Å². The first-order valence-electron chi connectivity index (χ1n) is 4.72. The second-order valence-corrected chi connectivity index (χ2v) is 3.36. The SMILES string of the molecule is CCC(CO)Cc1c(F)cccc1F. The summed E-state index contributed by atoms with van der Waals surface area (Å²) in [6.45, 7) is 1.85. The minimum atomic E-state index is -0.531. The van der Waals surface area contributed by atoms with Gasteiger partial charge >= 0.3 is 0 Å². The van der Waals surface area contributed by atoms with Gasteiger partial charge in [0.2, 0.25) is 0 Å². The van der Waals surface area contributed by atoms with Gasteiger partial charge in [-0.3, -0.25) is 0 Å². The Hall–Kier alpha value is -0.960. The van der Waals surface area contributed by atoms with Crippen molar-refractivity contribution >= 4 is 0 Å². The lowest BCUT2D eigenvalue weighted by molar-refractivity contribution is 0.220. The van der Waals surface area contributed by atoms with Crippen molar-refractivity contribution in [2.75, 3.05) is 6.61 Å². The van der Waals surface area contributed by atoms with Crippen molar-refractivity contribution in [1.29, 1.82) is 0 Å². The lowest BCUT2D eigenvalue weighted by Gasteiger charge is -2.12. The van der Waals surface area contributed by atoms with Gasteiger partial charge in [0, 0.05) is 12.2 Å². The molecular weight excluding hydrogens is 186 g/mol. The first kappa shape index (κ1) is 11.1. The van der Waals surface area contributed by atoms with Crippen LogP contribution in [0.1, 0.15) is 18.9 Å². The Bertz CT molecular complexity index is 275. The van der Waals surface area contributed by atoms with E-state index in [0.717, 1.165) is 0 Å². The zero-order chi connectivity index (χ0) is 10.6. The van der Waals surface area contributed by atoms with Crippen LogP contribution in [0.25, 0.3) is 0 Å². The van der Waals surface area contributed by atoms with E-state index in [0.29, 0.717) is 6.42 Å². The van der Waals surface area contributed by atoms with Crippen molar-refractivity contribution in [1.82, 2.24) is 0 Å². The second-order valence-electron chi connectivity index (χ2n) is 3.36. The van der Waals surface area contributed by atoms with Crippen LogP contribution in [0.4, 0.5) is 8.78 Å². The van der Waals surface area contributed by atoms with Crippen molar-refractivity contribution in [2.24, 2.45) is 5.92 Å². The fraction of sp³-hybridized carbons (Fsp3) is 0.455. The van der Waals surface area contributed by atoms with Gasteiger partial charge in [-0.15, -0.1) is 0 Å². The molecule has 0 aliphatic rings. The molecule has 0 bridgehead atoms. The summed E-state index contributed by atoms with van der Waals surface area (Å²) in [6, 6.07) is 3.82. The third kappa shape index (κ3) is 2.51. The molecule has 0 amide bonds. The van der Waals surface area contributed by atoms with Crippen LogP contribution >= 0.6 is 0 Å². The van der Waals surface area contributed by atoms with Gasteiger partial charge in [0.25, 0.3) is 0 Å². The summed E-state index contributed by atoms with van der Waals surface area (Å²) < 4.78 is 26.3. The molecule has 3 heteroatoms. The molecule has 0 spiro atoms. The molecule has 1 N–H and O–H groups in total. The smallest absolute Gasteiger partial charge is 0.129 e. The molecule has 1 aromatic carbocycles. The molecule has 78 valence electrons. The lowest BCUT2D eigenvalue weighted by Crippen LogP contribution is -2.10. The summed E-state index contributed by atoms with van der Waals surface area (Å²) in [7, 11) is 0. The van der Waals surface area contributed by atoms with Crippen molar-refractivity contribution in [3.8, 4) is 0 Å². The molecule has 0 aliphatic carbocycles. The molecule has 14 heavy (non-hydrogen) atoms. The topological polar surface area (TPSA) is 20.2 Å². The Morgan fingerprint density at radius 1 is 1.29 bits per heavy atom. The summed E-state index contributed by atoms with van der Waals surface area (Å²) in [5.74, 6) is -1.13. The van der Waals surface area contributed by atoms with Crippen LogP contribution in [-0.2, 0) is 6.42 Å². The first-order valence-corrected chi connectivity index (χ1v) is 4.72. The van der Waals surface area contributed by atoms with E-state index in [9.17, 15) is 8.78 Å². The maximum atomic E-state index is 13.2. The molecule has 1 atom stereocenters. The van der Waals surface area contributed by atoms with Gasteiger partial charge in [0.15, 0.2) is 0 Å². The normalized spacial score (nSPS) is 12.9. The standard InChI is InChI=1S/C11H14F2O/c1-2-8(7-14)6-9-10(12)4-3-5-11(9)13/h3-5,8,14H,2,6-7H2,1H3. The van der Waals surface area contributed by atoms with Crippen LogP contribution in [-0.4, -0.2) is 11.7 Å². The highest BCUT2D eigenvalue weighted by Crippen LogP contribution is 2.18. The molecule has 0 saturated carbocycles. The van der Waals surface area contributed by atoms with Gasteiger partial charge in [-0.05, 0) is 24.5 Å². The van der Waals surface area contributed by atoms with Crippen LogP contribution in [0, 0.1) is 17.6 Å². The Morgan fingerprint density at radius 3 is 2.29 bits per heavy atom. The maximum absolute atomic E-state index is 13.2. The number of aliphatic hydroxyl groups excluding tert-OH is 1. The summed E-state index contributed by atoms with van der Waals surface area (Å²) in [4.78, 5) is 0. The predicted molar refractivity (Wildman–Crippen MR) is 50.9 cm³/mol. The minimum absolute atomic E-state index is 0.0374. The average Bonchev–Trinajstić information content (AvgIpc) is 2.18. The van der Waals surface area contributed by atoms with E-state index in [-0.39, 0.29) is 24.5 Å². The molecule has 0 fully saturated rings. The van der Waals surface area contributed by atoms with Crippen LogP contribution in [0.2, 0.25) is 0 Å². The number of hydrogen-bond donors (Lipinski definition) is 1. The van der Waals surface area contributed by atoms with Gasteiger partial charge in [-0.2, -0.15) is 0 Å². The fourth-order valence-electron chi connectivity index (χ4n) is 1.35. The molecule has 1 unspecified atom stereocenters. The lowest BCUT2D eigenvalue weighted by atomic mass is 9.97. The molecule has 0 aliphatic heterocycles. The fourth-order valence-corrected chi connectivity index (χ4v) is 1.35. The molecule has 1 rings (SSSR count). The van der Waals surface area contributed by atoms with Gasteiger partial charge < -0.3 is 5.11 Å². The molecular formula is C11H14F2O. The van der Waals surface area contributed by atoms with E-state index in [4.69, 9.17) is 5.11 Å². The Kier molecular flexibility index (Phi) is 4.01. The number of aliphatic hydroxyl groups is 1. The quantitative estimate of drug-likeness (QED) is 0.791. The van der Waals surface area contributed by atoms with Crippen LogP contribution in [0.5, 0.6) is 0 Å². The number of halogens is 2. The molecule has 1 nitrogen and oxygen atoms in total. The van der Waals surface area contributed by atoms with Gasteiger partial charge in [-0.1, -0.05) is 19.4 Å². The largest absolute Gasteiger partial charge is 0.396 e. The Labute approximate surface area is 82.4 Å². The highest BCUT2D eigenvalue weighted by atomic mass is 19.1. The third-order valence-corrected chi connectivity index (χ3v) is 2.39. The molecule has 0 saturated heterocycles. The van der Waals surface area contributed by atoms with Gasteiger partial charge in [0.1, 0.15) is 11.6 Å². The second kappa shape index (κ2) is 5.05. The number of benzene rings is 1. The number of rotatable bonds is 4. The van der Waals surface area contributed by atoms with E-state index in [1.807, 2.05) is 6.92 Å². The highest BCUT2D eigenvalue weighted by Gasteiger charge is 2.13. The maximum Gasteiger partial charge on any atom is 0.129 e. The van der Waals surface area contributed by atoms with Crippen LogP contribution in [0.15, 0.2) is 18.2 Å². The summed E-state index contributed by atoms with van der Waals surface area (Å²) in [6.07, 6.45) is 0.968. The van der Waals surface area contributed by atoms with Gasteiger partial charge in [0.05, 0.1) is 0 Å². The van der Waals surface area contributed by atoms with Crippen molar-refractivity contribution < 1.29 is 13.9 Å². The minimum Gasteiger partial charge on any atom is -0.396 e. The number of hydrogen-bond acceptors (Lipinski definition) is 1. The summed E-state index contributed by atoms with van der Waals surface area (Å²) in [5.41, 5.74) is 0.0772. The first-order chi connectivity index (χ1) is 6.69. The van der Waals surface area contributed by atoms with Crippen molar-refractivity contribution in [3.63, 3.8) is 0 Å². The molecule has 0 radical (unpaired) electrons. The van der Waals surface area contributed by atoms with E-state index < -0.39 is 11.6 Å². The van der Waals surface area contributed by atoms with E-state index >= 15 is 0 Å². The Balaban J connectivity index is 2.84. The van der Waals surface area contributed by atoms with Crippen LogP contribution in [0.3, 0.4) is 0 Å². The monoisotopic (exact) mass is 200 g/mol. The summed E-state index contributed by atoms with van der Waals surface area (Å²) in [5, 5.41) is 8.92. The summed E-state index contributed by atoms with van der Waals surface area (Å²) >= 11 is 0. The Morgan fingerprint density at radius 2 is 1.86 bits per heavy atom. The average molecular weight is 200 g/mol. The predicted octanol–water partition coefficient (Wildman–Crippen LogP) is 2.53. The highest BCUT2D eigenvalue weighted by molar-refractivity contribution is 5.20. The molecule has 0 heterocycles. The molecule has 0 aromatic heterocycles. The third-order valence-electron chi connectivity index (χ3n) is 2.39.